The second-order valence-electron chi connectivity index (χ2n) is 10.1. The Bertz CT molecular complexity index is 1500. The molecule has 0 fully saturated rings. The summed E-state index contributed by atoms with van der Waals surface area (Å²) in [6, 6.07) is 10.7. The van der Waals surface area contributed by atoms with Crippen LogP contribution < -0.4 is 20.1 Å². The highest BCUT2D eigenvalue weighted by Crippen LogP contribution is 2.43. The summed E-state index contributed by atoms with van der Waals surface area (Å²) in [6.45, 7) is 10.9. The van der Waals surface area contributed by atoms with Crippen LogP contribution in [-0.2, 0) is 9.59 Å². The van der Waals surface area contributed by atoms with Crippen LogP contribution in [0.25, 0.3) is 0 Å². The number of ether oxygens (including phenoxy) is 2. The maximum absolute atomic E-state index is 13.9. The number of methoxy groups -OCH3 is 1. The lowest BCUT2D eigenvalue weighted by Crippen LogP contribution is -2.34. The summed E-state index contributed by atoms with van der Waals surface area (Å²) in [6.07, 6.45) is 2.13. The number of rotatable bonds is 13. The molecule has 2 aromatic carbocycles. The molecule has 12 heteroatoms. The number of carbonyl (C=O) groups is 2. The van der Waals surface area contributed by atoms with Crippen LogP contribution in [0.3, 0.4) is 0 Å². The molecule has 0 spiro atoms. The van der Waals surface area contributed by atoms with Crippen molar-refractivity contribution in [2.45, 2.75) is 58.7 Å². The number of thioether (sulfide) groups is 1. The number of carbonyl (C=O) groups excluding carboxylic acids is 2. The molecule has 2 heterocycles. The third-order valence-corrected chi connectivity index (χ3v) is 8.62. The molecule has 0 aliphatic carbocycles. The molecular formula is C31H39BrN6O4S. The largest absolute Gasteiger partial charge is 0.493 e. The summed E-state index contributed by atoms with van der Waals surface area (Å²) < 4.78 is 14.0. The van der Waals surface area contributed by atoms with E-state index in [2.05, 4.69) is 33.5 Å². The maximum atomic E-state index is 13.9. The van der Waals surface area contributed by atoms with Gasteiger partial charge in [-0.3, -0.25) is 9.59 Å². The Balaban J connectivity index is 1.75. The average Bonchev–Trinajstić information content (AvgIpc) is 3.38. The number of aromatic nitrogens is 3. The molecule has 230 valence electrons. The second kappa shape index (κ2) is 14.8. The van der Waals surface area contributed by atoms with Crippen LogP contribution in [0.1, 0.15) is 57.7 Å². The summed E-state index contributed by atoms with van der Waals surface area (Å²) in [5.41, 5.74) is 3.63. The average molecular weight is 672 g/mol. The van der Waals surface area contributed by atoms with Crippen LogP contribution in [0.5, 0.6) is 11.5 Å². The van der Waals surface area contributed by atoms with E-state index in [1.54, 1.807) is 28.5 Å². The number of amides is 2. The molecule has 0 radical (unpaired) electrons. The maximum Gasteiger partial charge on any atom is 0.260 e. The van der Waals surface area contributed by atoms with Gasteiger partial charge in [0.05, 0.1) is 17.2 Å². The topological polar surface area (TPSA) is 111 Å². The molecule has 10 nitrogen and oxygen atoms in total. The minimum atomic E-state index is -0.620. The van der Waals surface area contributed by atoms with Crippen LogP contribution in [0.4, 0.5) is 11.6 Å². The number of halogens is 1. The minimum absolute atomic E-state index is 0.115. The zero-order valence-corrected chi connectivity index (χ0v) is 27.9. The number of aryl methyl sites for hydroxylation is 1. The van der Waals surface area contributed by atoms with Crippen LogP contribution >= 0.6 is 27.7 Å². The summed E-state index contributed by atoms with van der Waals surface area (Å²) >= 11 is 5.22. The first kappa shape index (κ1) is 32.4. The van der Waals surface area contributed by atoms with Crippen molar-refractivity contribution in [1.82, 2.24) is 19.7 Å². The van der Waals surface area contributed by atoms with Crippen molar-refractivity contribution in [3.05, 3.63) is 63.3 Å². The van der Waals surface area contributed by atoms with E-state index in [1.807, 2.05) is 64.1 Å². The number of benzene rings is 2. The van der Waals surface area contributed by atoms with E-state index in [0.29, 0.717) is 57.1 Å². The lowest BCUT2D eigenvalue weighted by atomic mass is 9.94. The fraction of sp³-hybridized carbons (Fsp3) is 0.419. The van der Waals surface area contributed by atoms with Crippen molar-refractivity contribution in [3.63, 3.8) is 0 Å². The normalized spacial score (nSPS) is 14.2. The highest BCUT2D eigenvalue weighted by molar-refractivity contribution is 9.10. The highest BCUT2D eigenvalue weighted by Gasteiger charge is 2.35. The lowest BCUT2D eigenvalue weighted by Gasteiger charge is -2.29. The monoisotopic (exact) mass is 670 g/mol. The standard InChI is InChI=1S/C31H39BrN6O4S/c1-7-10-14-43-31-35-30-33-20(5)26(29(40)34-22-13-11-12-19(4)15-22)27(38(30)36-31)21-16-23(32)28(24(17-21)41-6)42-18-25(39)37(8-2)9-3/h11-13,15-17,27H,7-10,14,18H2,1-6H3,(H,34,40)(H,33,35,36). The van der Waals surface area contributed by atoms with Gasteiger partial charge in [0.25, 0.3) is 11.8 Å². The lowest BCUT2D eigenvalue weighted by molar-refractivity contribution is -0.133. The third-order valence-electron chi connectivity index (χ3n) is 7.11. The predicted octanol–water partition coefficient (Wildman–Crippen LogP) is 6.42. The van der Waals surface area contributed by atoms with Gasteiger partial charge in [0.2, 0.25) is 11.1 Å². The first-order chi connectivity index (χ1) is 20.7. The van der Waals surface area contributed by atoms with Crippen molar-refractivity contribution in [1.29, 1.82) is 0 Å². The van der Waals surface area contributed by atoms with E-state index in [0.717, 1.165) is 29.7 Å². The zero-order valence-electron chi connectivity index (χ0n) is 25.5. The van der Waals surface area contributed by atoms with Gasteiger partial charge in [0.15, 0.2) is 18.1 Å². The Morgan fingerprint density at radius 2 is 1.93 bits per heavy atom. The molecule has 1 unspecified atom stereocenters. The molecular weight excluding hydrogens is 632 g/mol. The molecule has 0 saturated heterocycles. The van der Waals surface area contributed by atoms with Gasteiger partial charge in [-0.1, -0.05) is 37.2 Å². The molecule has 2 amide bonds. The van der Waals surface area contributed by atoms with Crippen LogP contribution in [0.15, 0.2) is 57.3 Å². The van der Waals surface area contributed by atoms with E-state index in [9.17, 15) is 9.59 Å². The number of nitrogens with zero attached hydrogens (tertiary/aromatic N) is 4. The van der Waals surface area contributed by atoms with Crippen molar-refractivity contribution >= 4 is 51.1 Å². The van der Waals surface area contributed by atoms with Crippen LogP contribution in [0.2, 0.25) is 0 Å². The SMILES string of the molecule is CCCCSc1nc2n(n1)C(c1cc(Br)c(OCC(=O)N(CC)CC)c(OC)c1)C(C(=O)Nc1cccc(C)c1)=C(C)N2. The molecule has 1 aliphatic rings. The number of unbranched alkanes of at least 4 members (excludes halogenated alkanes) is 1. The van der Waals surface area contributed by atoms with E-state index >= 15 is 0 Å². The predicted molar refractivity (Wildman–Crippen MR) is 174 cm³/mol. The van der Waals surface area contributed by atoms with Crippen LogP contribution in [-0.4, -0.2) is 64.0 Å². The first-order valence-electron chi connectivity index (χ1n) is 14.4. The van der Waals surface area contributed by atoms with E-state index in [-0.39, 0.29) is 18.4 Å². The van der Waals surface area contributed by atoms with Gasteiger partial charge in [-0.05, 0) is 85.4 Å². The molecule has 1 aliphatic heterocycles. The Labute approximate surface area is 265 Å². The Morgan fingerprint density at radius 3 is 2.60 bits per heavy atom. The fourth-order valence-electron chi connectivity index (χ4n) is 4.86. The molecule has 4 rings (SSSR count). The van der Waals surface area contributed by atoms with Crippen molar-refractivity contribution in [2.24, 2.45) is 0 Å². The van der Waals surface area contributed by atoms with E-state index < -0.39 is 6.04 Å². The number of hydrogen-bond acceptors (Lipinski definition) is 8. The first-order valence-corrected chi connectivity index (χ1v) is 16.2. The van der Waals surface area contributed by atoms with E-state index in [4.69, 9.17) is 19.6 Å². The van der Waals surface area contributed by atoms with Gasteiger partial charge in [-0.25, -0.2) is 4.68 Å². The summed E-state index contributed by atoms with van der Waals surface area (Å²) in [4.78, 5) is 33.0. The molecule has 3 aromatic rings. The number of nitrogens with one attached hydrogen (secondary N) is 2. The van der Waals surface area contributed by atoms with Crippen molar-refractivity contribution in [3.8, 4) is 11.5 Å². The quantitative estimate of drug-likeness (QED) is 0.158. The molecule has 2 N–H and O–H groups in total. The minimum Gasteiger partial charge on any atom is -0.493 e. The van der Waals surface area contributed by atoms with Gasteiger partial charge >= 0.3 is 0 Å². The molecule has 0 bridgehead atoms. The number of hydrogen-bond donors (Lipinski definition) is 2. The van der Waals surface area contributed by atoms with Gasteiger partial charge < -0.3 is 25.0 Å². The number of anilines is 2. The Hall–Kier alpha value is -3.51. The Kier molecular flexibility index (Phi) is 11.1. The van der Waals surface area contributed by atoms with E-state index in [1.165, 1.54) is 0 Å². The number of likely N-dealkylation sites (N-methyl/N-ethyl adjacent to an activating group) is 1. The van der Waals surface area contributed by atoms with Gasteiger partial charge in [-0.15, -0.1) is 5.10 Å². The summed E-state index contributed by atoms with van der Waals surface area (Å²) in [7, 11) is 1.54. The van der Waals surface area contributed by atoms with Gasteiger partial charge in [0.1, 0.15) is 6.04 Å². The second-order valence-corrected chi connectivity index (χ2v) is 12.1. The fourth-order valence-corrected chi connectivity index (χ4v) is 6.35. The van der Waals surface area contributed by atoms with Gasteiger partial charge in [0, 0.05) is 30.2 Å². The molecule has 0 saturated carbocycles. The number of allylic oxidation sites excluding steroid dienone is 1. The molecule has 1 atom stereocenters. The van der Waals surface area contributed by atoms with Gasteiger partial charge in [-0.2, -0.15) is 4.98 Å². The summed E-state index contributed by atoms with van der Waals surface area (Å²) in [5, 5.41) is 11.8. The summed E-state index contributed by atoms with van der Waals surface area (Å²) in [5.74, 6) is 1.90. The zero-order chi connectivity index (χ0) is 31.1. The van der Waals surface area contributed by atoms with Crippen molar-refractivity contribution < 1.29 is 19.1 Å². The molecule has 43 heavy (non-hydrogen) atoms. The Morgan fingerprint density at radius 1 is 1.16 bits per heavy atom. The molecule has 1 aromatic heterocycles. The van der Waals surface area contributed by atoms with Crippen LogP contribution in [0, 0.1) is 6.92 Å². The highest BCUT2D eigenvalue weighted by atomic mass is 79.9. The smallest absolute Gasteiger partial charge is 0.260 e. The number of fused-ring (bicyclic) bond motifs is 1. The van der Waals surface area contributed by atoms with Crippen molar-refractivity contribution in [2.75, 3.05) is 43.2 Å². The third kappa shape index (κ3) is 7.53.